The third-order valence-corrected chi connectivity index (χ3v) is 2.93. The molecular formula is C10H7NS. The molecule has 0 radical (unpaired) electrons. The van der Waals surface area contributed by atoms with Crippen molar-refractivity contribution in [3.8, 4) is 6.07 Å². The Hall–Kier alpha value is -1.33. The van der Waals surface area contributed by atoms with Gasteiger partial charge in [-0.15, -0.1) is 11.3 Å². The molecule has 1 nitrogen and oxygen atoms in total. The molecule has 0 fully saturated rings. The highest BCUT2D eigenvalue weighted by Crippen LogP contribution is 2.25. The first kappa shape index (κ1) is 7.33. The van der Waals surface area contributed by atoms with Gasteiger partial charge in [-0.25, -0.2) is 0 Å². The molecule has 0 unspecified atom stereocenters. The molecule has 0 bridgehead atoms. The number of nitrogens with zero attached hydrogens (tertiary/aromatic N) is 1. The summed E-state index contributed by atoms with van der Waals surface area (Å²) in [4.78, 5) is 0. The molecule has 0 atom stereocenters. The number of aryl methyl sites for hydroxylation is 1. The van der Waals surface area contributed by atoms with Gasteiger partial charge in [0.2, 0.25) is 0 Å². The molecule has 1 aromatic heterocycles. The lowest BCUT2D eigenvalue weighted by molar-refractivity contribution is 1.47. The van der Waals surface area contributed by atoms with Crippen molar-refractivity contribution in [3.63, 3.8) is 0 Å². The standard InChI is InChI=1S/C10H7NS/c1-7-4-8(6-11)5-9-2-3-12-10(7)9/h2-5H,1H3. The predicted octanol–water partition coefficient (Wildman–Crippen LogP) is 3.08. The average Bonchev–Trinajstić information content (AvgIpc) is 2.52. The Bertz CT molecular complexity index is 462. The zero-order valence-electron chi connectivity index (χ0n) is 6.66. The summed E-state index contributed by atoms with van der Waals surface area (Å²) < 4.78 is 1.29. The van der Waals surface area contributed by atoms with Gasteiger partial charge >= 0.3 is 0 Å². The normalized spacial score (nSPS) is 10.0. The maximum atomic E-state index is 8.71. The van der Waals surface area contributed by atoms with Gasteiger partial charge in [0, 0.05) is 4.70 Å². The van der Waals surface area contributed by atoms with Crippen molar-refractivity contribution in [3.05, 3.63) is 34.7 Å². The number of nitriles is 1. The third kappa shape index (κ3) is 0.992. The molecule has 0 aliphatic heterocycles. The lowest BCUT2D eigenvalue weighted by Crippen LogP contribution is -1.76. The Balaban J connectivity index is 2.86. The largest absolute Gasteiger partial charge is 0.192 e. The SMILES string of the molecule is Cc1cc(C#N)cc2ccsc12. The van der Waals surface area contributed by atoms with Crippen LogP contribution in [0.2, 0.25) is 0 Å². The Morgan fingerprint density at radius 2 is 2.25 bits per heavy atom. The monoisotopic (exact) mass is 173 g/mol. The summed E-state index contributed by atoms with van der Waals surface area (Å²) in [5.41, 5.74) is 1.94. The number of hydrogen-bond donors (Lipinski definition) is 0. The smallest absolute Gasteiger partial charge is 0.0991 e. The van der Waals surface area contributed by atoms with Gasteiger partial charge in [0.05, 0.1) is 11.6 Å². The van der Waals surface area contributed by atoms with E-state index in [0.717, 1.165) is 5.56 Å². The molecular weight excluding hydrogens is 166 g/mol. The Morgan fingerprint density at radius 1 is 1.42 bits per heavy atom. The minimum absolute atomic E-state index is 0.749. The van der Waals surface area contributed by atoms with Crippen LogP contribution in [0.25, 0.3) is 10.1 Å². The quantitative estimate of drug-likeness (QED) is 0.600. The highest BCUT2D eigenvalue weighted by atomic mass is 32.1. The van der Waals surface area contributed by atoms with Crippen LogP contribution in [0, 0.1) is 18.3 Å². The lowest BCUT2D eigenvalue weighted by atomic mass is 10.1. The molecule has 12 heavy (non-hydrogen) atoms. The van der Waals surface area contributed by atoms with Gasteiger partial charge < -0.3 is 0 Å². The second-order valence-corrected chi connectivity index (χ2v) is 3.66. The van der Waals surface area contributed by atoms with Crippen LogP contribution in [-0.2, 0) is 0 Å². The van der Waals surface area contributed by atoms with Gasteiger partial charge in [-0.05, 0) is 41.5 Å². The second-order valence-electron chi connectivity index (χ2n) is 2.74. The summed E-state index contributed by atoms with van der Waals surface area (Å²) in [6.07, 6.45) is 0. The molecule has 0 aliphatic carbocycles. The van der Waals surface area contributed by atoms with Crippen molar-refractivity contribution in [2.75, 3.05) is 0 Å². The predicted molar refractivity (Wildman–Crippen MR) is 51.3 cm³/mol. The number of thiophene rings is 1. The summed E-state index contributed by atoms with van der Waals surface area (Å²) in [6, 6.07) is 8.06. The average molecular weight is 173 g/mol. The first-order chi connectivity index (χ1) is 5.81. The van der Waals surface area contributed by atoms with E-state index in [1.807, 2.05) is 25.1 Å². The fourth-order valence-corrected chi connectivity index (χ4v) is 2.18. The molecule has 0 aliphatic rings. The summed E-state index contributed by atoms with van der Waals surface area (Å²) in [5, 5.41) is 11.9. The first-order valence-electron chi connectivity index (χ1n) is 3.69. The highest BCUT2D eigenvalue weighted by molar-refractivity contribution is 7.17. The summed E-state index contributed by atoms with van der Waals surface area (Å²) >= 11 is 1.72. The number of benzene rings is 1. The third-order valence-electron chi connectivity index (χ3n) is 1.87. The van der Waals surface area contributed by atoms with Crippen LogP contribution in [0.15, 0.2) is 23.6 Å². The van der Waals surface area contributed by atoms with E-state index < -0.39 is 0 Å². The van der Waals surface area contributed by atoms with Crippen molar-refractivity contribution in [2.24, 2.45) is 0 Å². The van der Waals surface area contributed by atoms with Gasteiger partial charge in [0.25, 0.3) is 0 Å². The summed E-state index contributed by atoms with van der Waals surface area (Å²) in [6.45, 7) is 2.04. The van der Waals surface area contributed by atoms with Crippen molar-refractivity contribution in [2.45, 2.75) is 6.92 Å². The Morgan fingerprint density at radius 3 is 3.00 bits per heavy atom. The van der Waals surface area contributed by atoms with Gasteiger partial charge in [-0.2, -0.15) is 5.26 Å². The van der Waals surface area contributed by atoms with Gasteiger partial charge in [-0.3, -0.25) is 0 Å². The molecule has 0 saturated heterocycles. The molecule has 58 valence electrons. The van der Waals surface area contributed by atoms with Crippen molar-refractivity contribution >= 4 is 21.4 Å². The molecule has 1 aromatic carbocycles. The molecule has 2 rings (SSSR count). The minimum Gasteiger partial charge on any atom is -0.192 e. The van der Waals surface area contributed by atoms with Gasteiger partial charge in [0.1, 0.15) is 0 Å². The van der Waals surface area contributed by atoms with E-state index in [1.165, 1.54) is 15.6 Å². The van der Waals surface area contributed by atoms with E-state index in [1.54, 1.807) is 11.3 Å². The van der Waals surface area contributed by atoms with Crippen LogP contribution in [-0.4, -0.2) is 0 Å². The Labute approximate surface area is 74.9 Å². The van der Waals surface area contributed by atoms with Crippen molar-refractivity contribution < 1.29 is 0 Å². The molecule has 0 amide bonds. The maximum Gasteiger partial charge on any atom is 0.0991 e. The van der Waals surface area contributed by atoms with Crippen LogP contribution < -0.4 is 0 Å². The molecule has 0 N–H and O–H groups in total. The number of hydrogen-bond acceptors (Lipinski definition) is 2. The molecule has 0 spiro atoms. The zero-order valence-corrected chi connectivity index (χ0v) is 7.48. The fourth-order valence-electron chi connectivity index (χ4n) is 1.33. The maximum absolute atomic E-state index is 8.71. The van der Waals surface area contributed by atoms with E-state index in [9.17, 15) is 0 Å². The van der Waals surface area contributed by atoms with Crippen LogP contribution in [0.1, 0.15) is 11.1 Å². The topological polar surface area (TPSA) is 23.8 Å². The Kier molecular flexibility index (Phi) is 1.60. The van der Waals surface area contributed by atoms with E-state index in [0.29, 0.717) is 0 Å². The van der Waals surface area contributed by atoms with Gasteiger partial charge in [-0.1, -0.05) is 0 Å². The van der Waals surface area contributed by atoms with Crippen molar-refractivity contribution in [1.29, 1.82) is 5.26 Å². The highest BCUT2D eigenvalue weighted by Gasteiger charge is 2.00. The molecule has 2 aromatic rings. The molecule has 0 saturated carbocycles. The number of rotatable bonds is 0. The minimum atomic E-state index is 0.749. The van der Waals surface area contributed by atoms with Crippen LogP contribution in [0.5, 0.6) is 0 Å². The molecule has 2 heteroatoms. The van der Waals surface area contributed by atoms with Crippen LogP contribution in [0.3, 0.4) is 0 Å². The van der Waals surface area contributed by atoms with Crippen LogP contribution in [0.4, 0.5) is 0 Å². The summed E-state index contributed by atoms with van der Waals surface area (Å²) in [7, 11) is 0. The van der Waals surface area contributed by atoms with E-state index in [2.05, 4.69) is 11.4 Å². The van der Waals surface area contributed by atoms with E-state index in [4.69, 9.17) is 5.26 Å². The van der Waals surface area contributed by atoms with E-state index in [-0.39, 0.29) is 0 Å². The first-order valence-corrected chi connectivity index (χ1v) is 4.57. The zero-order chi connectivity index (χ0) is 8.55. The van der Waals surface area contributed by atoms with E-state index >= 15 is 0 Å². The number of fused-ring (bicyclic) bond motifs is 1. The van der Waals surface area contributed by atoms with Crippen LogP contribution >= 0.6 is 11.3 Å². The van der Waals surface area contributed by atoms with Crippen molar-refractivity contribution in [1.82, 2.24) is 0 Å². The second kappa shape index (κ2) is 2.62. The summed E-state index contributed by atoms with van der Waals surface area (Å²) in [5.74, 6) is 0. The van der Waals surface area contributed by atoms with Gasteiger partial charge in [0.15, 0.2) is 0 Å². The molecule has 1 heterocycles. The fraction of sp³-hybridized carbons (Fsp3) is 0.100. The lowest BCUT2D eigenvalue weighted by Gasteiger charge is -1.95.